The van der Waals surface area contributed by atoms with Crippen LogP contribution in [0.5, 0.6) is 11.5 Å². The lowest BCUT2D eigenvalue weighted by atomic mass is 9.83. The zero-order valence-corrected chi connectivity index (χ0v) is 11.0. The van der Waals surface area contributed by atoms with Crippen molar-refractivity contribution in [1.82, 2.24) is 0 Å². The summed E-state index contributed by atoms with van der Waals surface area (Å²) in [4.78, 5) is 23.8. The second-order valence-corrected chi connectivity index (χ2v) is 5.30. The largest absolute Gasteiger partial charge is 0.454 e. The smallest absolute Gasteiger partial charge is 0.231 e. The summed E-state index contributed by atoms with van der Waals surface area (Å²) >= 11 is 6.06. The number of hydrogen-bond donors (Lipinski definition) is 0. The number of ether oxygens (including phenoxy) is 2. The van der Waals surface area contributed by atoms with E-state index in [0.717, 1.165) is 12.8 Å². The van der Waals surface area contributed by atoms with E-state index >= 15 is 0 Å². The fourth-order valence-electron chi connectivity index (χ4n) is 2.59. The Labute approximate surface area is 115 Å². The third-order valence-electron chi connectivity index (χ3n) is 3.56. The van der Waals surface area contributed by atoms with Crippen LogP contribution in [0.4, 0.5) is 0 Å². The summed E-state index contributed by atoms with van der Waals surface area (Å²) in [5, 5.41) is 0.375. The van der Waals surface area contributed by atoms with Crippen LogP contribution >= 0.6 is 11.6 Å². The number of halogens is 1. The van der Waals surface area contributed by atoms with Crippen molar-refractivity contribution in [1.29, 1.82) is 0 Å². The Morgan fingerprint density at radius 3 is 2.95 bits per heavy atom. The molecule has 0 amide bonds. The first-order valence-electron chi connectivity index (χ1n) is 6.30. The van der Waals surface area contributed by atoms with E-state index in [1.807, 2.05) is 0 Å². The van der Waals surface area contributed by atoms with Gasteiger partial charge in [-0.1, -0.05) is 11.6 Å². The molecule has 1 aromatic carbocycles. The molecule has 1 fully saturated rings. The molecule has 0 aromatic heterocycles. The molecule has 1 aromatic rings. The number of benzene rings is 1. The van der Waals surface area contributed by atoms with Crippen LogP contribution in [0.1, 0.15) is 36.0 Å². The molecule has 4 nitrogen and oxygen atoms in total. The summed E-state index contributed by atoms with van der Waals surface area (Å²) in [6.45, 7) is 0.120. The molecule has 0 radical (unpaired) electrons. The van der Waals surface area contributed by atoms with Gasteiger partial charge >= 0.3 is 0 Å². The molecule has 100 valence electrons. The average Bonchev–Trinajstić information content (AvgIpc) is 2.86. The molecule has 1 atom stereocenters. The molecule has 0 N–H and O–H groups in total. The first-order chi connectivity index (χ1) is 9.15. The van der Waals surface area contributed by atoms with Crippen molar-refractivity contribution in [2.24, 2.45) is 5.92 Å². The second-order valence-electron chi connectivity index (χ2n) is 4.89. The highest BCUT2D eigenvalue weighted by molar-refractivity contribution is 6.32. The molecule has 1 aliphatic carbocycles. The number of rotatable bonds is 2. The van der Waals surface area contributed by atoms with Crippen LogP contribution in [0.25, 0.3) is 0 Å². The topological polar surface area (TPSA) is 52.6 Å². The van der Waals surface area contributed by atoms with Crippen LogP contribution in [0, 0.1) is 5.92 Å². The third-order valence-corrected chi connectivity index (χ3v) is 3.85. The average molecular weight is 281 g/mol. The maximum absolute atomic E-state index is 12.4. The molecule has 0 bridgehead atoms. The third kappa shape index (κ3) is 2.32. The summed E-state index contributed by atoms with van der Waals surface area (Å²) < 4.78 is 10.5. The van der Waals surface area contributed by atoms with E-state index in [0.29, 0.717) is 34.9 Å². The molecule has 0 saturated heterocycles. The van der Waals surface area contributed by atoms with Gasteiger partial charge in [-0.25, -0.2) is 0 Å². The molecule has 19 heavy (non-hydrogen) atoms. The predicted molar refractivity (Wildman–Crippen MR) is 68.9 cm³/mol. The maximum Gasteiger partial charge on any atom is 0.231 e. The lowest BCUT2D eigenvalue weighted by molar-refractivity contribution is -0.121. The van der Waals surface area contributed by atoms with Gasteiger partial charge in [0.05, 0.1) is 5.02 Å². The minimum absolute atomic E-state index is 0.0340. The Morgan fingerprint density at radius 1 is 1.32 bits per heavy atom. The highest BCUT2D eigenvalue weighted by Crippen LogP contribution is 2.40. The van der Waals surface area contributed by atoms with E-state index in [1.165, 1.54) is 0 Å². The summed E-state index contributed by atoms with van der Waals surface area (Å²) in [7, 11) is 0. The van der Waals surface area contributed by atoms with Crippen molar-refractivity contribution < 1.29 is 19.1 Å². The molecular weight excluding hydrogens is 268 g/mol. The molecular formula is C14H13ClO4. The van der Waals surface area contributed by atoms with E-state index in [-0.39, 0.29) is 24.3 Å². The molecule has 5 heteroatoms. The van der Waals surface area contributed by atoms with Gasteiger partial charge in [0.2, 0.25) is 6.79 Å². The Kier molecular flexibility index (Phi) is 3.19. The number of Topliss-reactive ketones (excluding diaryl/α,β-unsaturated/α-hetero) is 2. The van der Waals surface area contributed by atoms with Gasteiger partial charge in [-0.05, 0) is 25.0 Å². The van der Waals surface area contributed by atoms with Crippen LogP contribution in [0.2, 0.25) is 5.02 Å². The Hall–Kier alpha value is -1.55. The number of carbonyl (C=O) groups is 2. The van der Waals surface area contributed by atoms with E-state index in [4.69, 9.17) is 21.1 Å². The normalized spacial score (nSPS) is 21.5. The van der Waals surface area contributed by atoms with E-state index in [9.17, 15) is 9.59 Å². The van der Waals surface area contributed by atoms with Gasteiger partial charge in [0.1, 0.15) is 5.78 Å². The van der Waals surface area contributed by atoms with Crippen LogP contribution in [-0.2, 0) is 4.79 Å². The van der Waals surface area contributed by atoms with Crippen molar-refractivity contribution in [3.05, 3.63) is 22.7 Å². The lowest BCUT2D eigenvalue weighted by Crippen LogP contribution is -2.23. The molecule has 1 aliphatic heterocycles. The highest BCUT2D eigenvalue weighted by atomic mass is 35.5. The van der Waals surface area contributed by atoms with Gasteiger partial charge in [0, 0.05) is 24.3 Å². The zero-order valence-electron chi connectivity index (χ0n) is 10.3. The first-order valence-corrected chi connectivity index (χ1v) is 6.68. The van der Waals surface area contributed by atoms with Crippen molar-refractivity contribution >= 4 is 23.2 Å². The maximum atomic E-state index is 12.4. The Morgan fingerprint density at radius 2 is 2.16 bits per heavy atom. The van der Waals surface area contributed by atoms with Crippen molar-refractivity contribution in [3.63, 3.8) is 0 Å². The fourth-order valence-corrected chi connectivity index (χ4v) is 2.86. The molecule has 0 spiro atoms. The van der Waals surface area contributed by atoms with Gasteiger partial charge in [0.15, 0.2) is 17.3 Å². The fraction of sp³-hybridized carbons (Fsp3) is 0.429. The highest BCUT2D eigenvalue weighted by Gasteiger charge is 2.28. The summed E-state index contributed by atoms with van der Waals surface area (Å²) in [5.41, 5.74) is 0.494. The van der Waals surface area contributed by atoms with Crippen LogP contribution in [-0.4, -0.2) is 18.4 Å². The van der Waals surface area contributed by atoms with E-state index in [2.05, 4.69) is 0 Å². The summed E-state index contributed by atoms with van der Waals surface area (Å²) in [6.07, 6.45) is 2.47. The number of fused-ring (bicyclic) bond motifs is 1. The molecule has 2 aliphatic rings. The van der Waals surface area contributed by atoms with E-state index < -0.39 is 0 Å². The number of ketones is 2. The second kappa shape index (κ2) is 4.85. The molecule has 1 saturated carbocycles. The Balaban J connectivity index is 1.87. The zero-order chi connectivity index (χ0) is 13.4. The summed E-state index contributed by atoms with van der Waals surface area (Å²) in [5.74, 6) is 0.887. The summed E-state index contributed by atoms with van der Waals surface area (Å²) in [6, 6.07) is 3.24. The minimum Gasteiger partial charge on any atom is -0.454 e. The van der Waals surface area contributed by atoms with Crippen molar-refractivity contribution in [2.45, 2.75) is 25.7 Å². The van der Waals surface area contributed by atoms with Gasteiger partial charge in [-0.2, -0.15) is 0 Å². The van der Waals surface area contributed by atoms with Crippen LogP contribution in [0.3, 0.4) is 0 Å². The standard InChI is InChI=1S/C14H13ClO4/c15-11-5-9(6-12-14(11)19-7-18-12)13(17)8-2-1-3-10(16)4-8/h5-6,8H,1-4,7H2. The number of carbonyl (C=O) groups excluding carboxylic acids is 2. The van der Waals surface area contributed by atoms with Crippen molar-refractivity contribution in [2.75, 3.05) is 6.79 Å². The van der Waals surface area contributed by atoms with E-state index in [1.54, 1.807) is 12.1 Å². The molecule has 1 heterocycles. The van der Waals surface area contributed by atoms with Crippen LogP contribution in [0.15, 0.2) is 12.1 Å². The number of hydrogen-bond acceptors (Lipinski definition) is 4. The monoisotopic (exact) mass is 280 g/mol. The quantitative estimate of drug-likeness (QED) is 0.782. The van der Waals surface area contributed by atoms with Crippen molar-refractivity contribution in [3.8, 4) is 11.5 Å². The van der Waals surface area contributed by atoms with Gasteiger partial charge < -0.3 is 9.47 Å². The first kappa shape index (κ1) is 12.5. The SMILES string of the molecule is O=C1CCCC(C(=O)c2cc(Cl)c3c(c2)OCO3)C1. The Bertz CT molecular complexity index is 553. The minimum atomic E-state index is -0.224. The predicted octanol–water partition coefficient (Wildman–Crippen LogP) is 3.01. The lowest BCUT2D eigenvalue weighted by Gasteiger charge is -2.19. The molecule has 3 rings (SSSR count). The van der Waals surface area contributed by atoms with Gasteiger partial charge in [0.25, 0.3) is 0 Å². The van der Waals surface area contributed by atoms with Gasteiger partial charge in [-0.15, -0.1) is 0 Å². The molecule has 1 unspecified atom stereocenters. The van der Waals surface area contributed by atoms with Crippen LogP contribution < -0.4 is 9.47 Å². The van der Waals surface area contributed by atoms with Gasteiger partial charge in [-0.3, -0.25) is 9.59 Å².